The van der Waals surface area contributed by atoms with Crippen LogP contribution in [0, 0.1) is 116 Å². The summed E-state index contributed by atoms with van der Waals surface area (Å²) in [5, 5.41) is 38.2. The van der Waals surface area contributed by atoms with Crippen molar-refractivity contribution in [1.82, 2.24) is 0 Å². The van der Waals surface area contributed by atoms with E-state index in [0.29, 0.717) is 6.07 Å². The van der Waals surface area contributed by atoms with Gasteiger partial charge in [-0.05, 0) is 6.92 Å². The van der Waals surface area contributed by atoms with Crippen LogP contribution in [-0.2, 0) is 12.4 Å². The molecule has 0 radical (unpaired) electrons. The molecule has 21 heteroatoms. The zero-order valence-corrected chi connectivity index (χ0v) is 24.2. The molecule has 0 atom stereocenters. The molecule has 0 aromatic heterocycles. The van der Waals surface area contributed by atoms with Gasteiger partial charge in [0.25, 0.3) is 0 Å². The van der Waals surface area contributed by atoms with E-state index in [2.05, 4.69) is 0 Å². The van der Waals surface area contributed by atoms with E-state index < -0.39 is 149 Å². The SMILES string of the molecule is Cc1c(F)c(/C(C#N)=C2/C(=C(C#N)c3c(F)c(F)c(C(F)(F)F)c(F)c3F)/C2=C(/C#N)c2c(F)c(F)c(C#N)c(F)c2F)c(F)c(F)c1C(F)(F)F. The summed E-state index contributed by atoms with van der Waals surface area (Å²) in [5.74, 6) is -31.3. The number of nitriles is 4. The summed E-state index contributed by atoms with van der Waals surface area (Å²) in [6, 6.07) is 3.14. The standard InChI is InChI=1S/C31H3F17N4/c1-6-17(30(43,44)45)27(40)24(37)14(19(6)32)7(2-49)11-12(8(3-50)15-22(35)20(33)10(5-52)21(34)23(15)36)13(11)9(4-51)16-25(38)28(41)18(31(46,47)48)29(42)26(16)39/h1H3/b11-7+,12-8-,13-9?. The third kappa shape index (κ3) is 5.55. The van der Waals surface area contributed by atoms with Gasteiger partial charge in [-0.15, -0.1) is 0 Å². The molecule has 4 nitrogen and oxygen atoms in total. The molecule has 0 N–H and O–H groups in total. The van der Waals surface area contributed by atoms with Crippen LogP contribution < -0.4 is 0 Å². The van der Waals surface area contributed by atoms with Gasteiger partial charge < -0.3 is 0 Å². The van der Waals surface area contributed by atoms with E-state index >= 15 is 26.3 Å². The summed E-state index contributed by atoms with van der Waals surface area (Å²) >= 11 is 0. The highest BCUT2D eigenvalue weighted by Crippen LogP contribution is 2.58. The van der Waals surface area contributed by atoms with Crippen LogP contribution in [0.25, 0.3) is 16.7 Å². The molecule has 0 saturated heterocycles. The van der Waals surface area contributed by atoms with Crippen LogP contribution in [0.3, 0.4) is 0 Å². The van der Waals surface area contributed by atoms with Crippen LogP contribution >= 0.6 is 0 Å². The number of alkyl halides is 6. The second kappa shape index (κ2) is 12.8. The van der Waals surface area contributed by atoms with Crippen molar-refractivity contribution < 1.29 is 74.6 Å². The Balaban J connectivity index is 2.38. The van der Waals surface area contributed by atoms with Crippen molar-refractivity contribution in [2.45, 2.75) is 19.3 Å². The van der Waals surface area contributed by atoms with Crippen molar-refractivity contribution in [2.24, 2.45) is 0 Å². The van der Waals surface area contributed by atoms with Crippen LogP contribution in [0.15, 0.2) is 16.7 Å². The Labute approximate surface area is 276 Å². The third-order valence-corrected chi connectivity index (χ3v) is 7.28. The van der Waals surface area contributed by atoms with Crippen molar-refractivity contribution in [3.8, 4) is 24.3 Å². The smallest absolute Gasteiger partial charge is 0.206 e. The second-order valence-corrected chi connectivity index (χ2v) is 10.0. The molecule has 0 unspecified atom stereocenters. The van der Waals surface area contributed by atoms with Crippen LogP contribution in [0.5, 0.6) is 0 Å². The van der Waals surface area contributed by atoms with E-state index in [0.717, 1.165) is 18.2 Å². The molecule has 0 aliphatic heterocycles. The van der Waals surface area contributed by atoms with E-state index in [1.54, 1.807) is 0 Å². The van der Waals surface area contributed by atoms with E-state index in [1.165, 1.54) is 0 Å². The average molecular weight is 754 g/mol. The minimum absolute atomic E-state index is 0.178. The van der Waals surface area contributed by atoms with E-state index in [9.17, 15) is 64.1 Å². The maximum absolute atomic E-state index is 15.4. The number of benzene rings is 3. The average Bonchev–Trinajstić information content (AvgIpc) is 3.77. The second-order valence-electron chi connectivity index (χ2n) is 10.0. The lowest BCUT2D eigenvalue weighted by Gasteiger charge is -2.15. The van der Waals surface area contributed by atoms with Gasteiger partial charge in [0.2, 0.25) is 0 Å². The van der Waals surface area contributed by atoms with Gasteiger partial charge in [-0.3, -0.25) is 0 Å². The first-order chi connectivity index (χ1) is 24.0. The van der Waals surface area contributed by atoms with Gasteiger partial charge in [0.15, 0.2) is 58.2 Å². The normalized spacial score (nSPS) is 15.7. The minimum atomic E-state index is -6.18. The first-order valence-corrected chi connectivity index (χ1v) is 12.9. The van der Waals surface area contributed by atoms with Crippen LogP contribution in [0.4, 0.5) is 74.6 Å². The Morgan fingerprint density at radius 3 is 0.942 bits per heavy atom. The van der Waals surface area contributed by atoms with Gasteiger partial charge in [0.1, 0.15) is 46.8 Å². The maximum Gasteiger partial charge on any atom is 0.422 e. The molecule has 1 aliphatic carbocycles. The van der Waals surface area contributed by atoms with Crippen LogP contribution in [0.1, 0.15) is 38.9 Å². The van der Waals surface area contributed by atoms with E-state index in [-0.39, 0.29) is 6.92 Å². The Bertz CT molecular complexity index is 2230. The van der Waals surface area contributed by atoms with Crippen molar-refractivity contribution >= 4 is 16.7 Å². The maximum atomic E-state index is 15.4. The molecular formula is C31H3F17N4. The van der Waals surface area contributed by atoms with Gasteiger partial charge in [-0.1, -0.05) is 0 Å². The number of hydrogen-bond acceptors (Lipinski definition) is 4. The van der Waals surface area contributed by atoms with Gasteiger partial charge in [-0.2, -0.15) is 47.4 Å². The summed E-state index contributed by atoms with van der Waals surface area (Å²) in [6.07, 6.45) is -12.0. The van der Waals surface area contributed by atoms with Crippen molar-refractivity contribution in [3.63, 3.8) is 0 Å². The molecular weight excluding hydrogens is 751 g/mol. The highest BCUT2D eigenvalue weighted by molar-refractivity contribution is 6.12. The summed E-state index contributed by atoms with van der Waals surface area (Å²) < 4.78 is 244. The molecule has 0 heterocycles. The zero-order chi connectivity index (χ0) is 39.7. The summed E-state index contributed by atoms with van der Waals surface area (Å²) in [5.41, 5.74) is -27.3. The Morgan fingerprint density at radius 1 is 0.404 bits per heavy atom. The summed E-state index contributed by atoms with van der Waals surface area (Å²) in [7, 11) is 0. The number of halogens is 17. The van der Waals surface area contributed by atoms with Crippen molar-refractivity contribution in [1.29, 1.82) is 21.0 Å². The molecule has 3 aromatic carbocycles. The van der Waals surface area contributed by atoms with Crippen LogP contribution in [0.2, 0.25) is 0 Å². The highest BCUT2D eigenvalue weighted by Gasteiger charge is 2.49. The fraction of sp³-hybridized carbons (Fsp3) is 0.0968. The van der Waals surface area contributed by atoms with Crippen LogP contribution in [-0.4, -0.2) is 0 Å². The van der Waals surface area contributed by atoms with Gasteiger partial charge in [0, 0.05) is 22.3 Å². The molecule has 266 valence electrons. The molecule has 1 aliphatic rings. The lowest BCUT2D eigenvalue weighted by Crippen LogP contribution is -2.17. The van der Waals surface area contributed by atoms with Crippen molar-refractivity contribution in [2.75, 3.05) is 0 Å². The zero-order valence-electron chi connectivity index (χ0n) is 24.2. The molecule has 4 rings (SSSR count). The van der Waals surface area contributed by atoms with Crippen molar-refractivity contribution in [3.05, 3.63) is 120 Å². The van der Waals surface area contributed by atoms with Gasteiger partial charge >= 0.3 is 12.4 Å². The number of nitrogens with zero attached hydrogens (tertiary/aromatic N) is 4. The monoisotopic (exact) mass is 754 g/mol. The third-order valence-electron chi connectivity index (χ3n) is 7.28. The number of rotatable bonds is 3. The van der Waals surface area contributed by atoms with Gasteiger partial charge in [0.05, 0.1) is 33.4 Å². The molecule has 52 heavy (non-hydrogen) atoms. The summed E-state index contributed by atoms with van der Waals surface area (Å²) in [4.78, 5) is 0. The van der Waals surface area contributed by atoms with E-state index in [1.807, 2.05) is 0 Å². The molecule has 1 saturated carbocycles. The van der Waals surface area contributed by atoms with Gasteiger partial charge in [-0.25, -0.2) is 48.3 Å². The largest absolute Gasteiger partial charge is 0.422 e. The number of hydrogen-bond donors (Lipinski definition) is 0. The molecule has 1 fully saturated rings. The molecule has 0 amide bonds. The quantitative estimate of drug-likeness (QED) is 0.151. The number of allylic oxidation sites excluding steroid dienone is 6. The Morgan fingerprint density at radius 2 is 0.673 bits per heavy atom. The molecule has 0 bridgehead atoms. The predicted molar refractivity (Wildman–Crippen MR) is 136 cm³/mol. The molecule has 0 spiro atoms. The highest BCUT2D eigenvalue weighted by atomic mass is 19.4. The first kappa shape index (κ1) is 38.5. The lowest BCUT2D eigenvalue weighted by molar-refractivity contribution is -0.143. The minimum Gasteiger partial charge on any atom is -0.206 e. The fourth-order valence-electron chi connectivity index (χ4n) is 5.03. The van der Waals surface area contributed by atoms with E-state index in [4.69, 9.17) is 5.26 Å². The topological polar surface area (TPSA) is 95.2 Å². The summed E-state index contributed by atoms with van der Waals surface area (Å²) in [6.45, 7) is 0.178. The Hall–Kier alpha value is -6.35. The lowest BCUT2D eigenvalue weighted by atomic mass is 9.95. The molecule has 3 aromatic rings. The fourth-order valence-corrected chi connectivity index (χ4v) is 5.03. The predicted octanol–water partition coefficient (Wildman–Crippen LogP) is 9.68. The first-order valence-electron chi connectivity index (χ1n) is 12.9. The Kier molecular flexibility index (Phi) is 9.44.